The summed E-state index contributed by atoms with van der Waals surface area (Å²) in [6.07, 6.45) is 1.75. The summed E-state index contributed by atoms with van der Waals surface area (Å²) in [4.78, 5) is 18.8. The summed E-state index contributed by atoms with van der Waals surface area (Å²) in [6.45, 7) is 6.37. The molecule has 2 heterocycles. The molecule has 6 heteroatoms. The quantitative estimate of drug-likeness (QED) is 0.881. The molecule has 1 aliphatic rings. The monoisotopic (exact) mass is 361 g/mol. The van der Waals surface area contributed by atoms with Gasteiger partial charge in [0.15, 0.2) is 0 Å². The van der Waals surface area contributed by atoms with Crippen molar-refractivity contribution in [2.24, 2.45) is 0 Å². The fourth-order valence-corrected chi connectivity index (χ4v) is 3.84. The van der Waals surface area contributed by atoms with Crippen LogP contribution in [0.2, 0.25) is 0 Å². The van der Waals surface area contributed by atoms with Crippen molar-refractivity contribution < 1.29 is 9.18 Å². The Hall–Kier alpha value is -1.79. The maximum absolute atomic E-state index is 13.8. The van der Waals surface area contributed by atoms with Crippen molar-refractivity contribution in [3.63, 3.8) is 0 Å². The Morgan fingerprint density at radius 2 is 2.08 bits per heavy atom. The molecule has 134 valence electrons. The molecule has 3 rings (SSSR count). The summed E-state index contributed by atoms with van der Waals surface area (Å²) in [7, 11) is 0. The van der Waals surface area contributed by atoms with E-state index < -0.39 is 5.82 Å². The van der Waals surface area contributed by atoms with E-state index in [4.69, 9.17) is 0 Å². The van der Waals surface area contributed by atoms with E-state index in [0.717, 1.165) is 25.1 Å². The fourth-order valence-electron chi connectivity index (χ4n) is 3.01. The van der Waals surface area contributed by atoms with E-state index in [9.17, 15) is 9.18 Å². The number of carbonyl (C=O) groups excluding carboxylic acids is 1. The second-order valence-electron chi connectivity index (χ2n) is 6.76. The van der Waals surface area contributed by atoms with Crippen molar-refractivity contribution in [1.82, 2.24) is 15.2 Å². The number of aromatic nitrogens is 1. The van der Waals surface area contributed by atoms with Crippen LogP contribution in [-0.4, -0.2) is 34.9 Å². The summed E-state index contributed by atoms with van der Waals surface area (Å²) >= 11 is 1.71. The highest BCUT2D eigenvalue weighted by Gasteiger charge is 2.25. The first-order valence-corrected chi connectivity index (χ1v) is 9.64. The highest BCUT2D eigenvalue weighted by atomic mass is 32.1. The molecule has 1 saturated heterocycles. The minimum absolute atomic E-state index is 0.164. The topological polar surface area (TPSA) is 45.2 Å². The second kappa shape index (κ2) is 8.06. The molecule has 1 fully saturated rings. The lowest BCUT2D eigenvalue weighted by Crippen LogP contribution is -2.45. The predicted octanol–water partition coefficient (Wildman–Crippen LogP) is 3.80. The highest BCUT2D eigenvalue weighted by Crippen LogP contribution is 2.20. The summed E-state index contributed by atoms with van der Waals surface area (Å²) < 4.78 is 13.8. The molecule has 2 aromatic rings. The molecular formula is C19H24FN3OS. The van der Waals surface area contributed by atoms with Gasteiger partial charge < -0.3 is 10.2 Å². The molecule has 1 N–H and O–H groups in total. The molecule has 0 unspecified atom stereocenters. The maximum atomic E-state index is 13.8. The van der Waals surface area contributed by atoms with Crippen LogP contribution in [-0.2, 0) is 6.54 Å². The van der Waals surface area contributed by atoms with Gasteiger partial charge in [0.05, 0.1) is 16.3 Å². The number of hydrogen-bond acceptors (Lipinski definition) is 4. The van der Waals surface area contributed by atoms with Crippen LogP contribution in [0.15, 0.2) is 29.6 Å². The van der Waals surface area contributed by atoms with Gasteiger partial charge in [-0.05, 0) is 25.0 Å². The van der Waals surface area contributed by atoms with Crippen LogP contribution in [0.5, 0.6) is 0 Å². The number of likely N-dealkylation sites (tertiary alicyclic amines) is 1. The fraction of sp³-hybridized carbons (Fsp3) is 0.474. The van der Waals surface area contributed by atoms with Crippen molar-refractivity contribution in [3.8, 4) is 0 Å². The Labute approximate surface area is 152 Å². The van der Waals surface area contributed by atoms with Crippen molar-refractivity contribution in [1.29, 1.82) is 0 Å². The zero-order chi connectivity index (χ0) is 17.8. The Morgan fingerprint density at radius 3 is 2.72 bits per heavy atom. The normalized spacial score (nSPS) is 15.8. The Morgan fingerprint density at radius 1 is 1.36 bits per heavy atom. The number of carbonyl (C=O) groups is 1. The van der Waals surface area contributed by atoms with Crippen LogP contribution in [0, 0.1) is 5.82 Å². The number of piperidine rings is 1. The van der Waals surface area contributed by atoms with Gasteiger partial charge in [-0.3, -0.25) is 4.79 Å². The second-order valence-corrected chi connectivity index (χ2v) is 7.65. The molecule has 0 bridgehead atoms. The van der Waals surface area contributed by atoms with Crippen molar-refractivity contribution in [2.45, 2.75) is 45.2 Å². The third-order valence-electron chi connectivity index (χ3n) is 4.52. The Balaban J connectivity index is 1.48. The van der Waals surface area contributed by atoms with E-state index in [1.807, 2.05) is 0 Å². The van der Waals surface area contributed by atoms with Gasteiger partial charge in [-0.1, -0.05) is 26.0 Å². The van der Waals surface area contributed by atoms with Gasteiger partial charge in [0, 0.05) is 37.0 Å². The minimum Gasteiger partial charge on any atom is -0.338 e. The van der Waals surface area contributed by atoms with E-state index in [1.165, 1.54) is 11.1 Å². The van der Waals surface area contributed by atoms with E-state index in [1.54, 1.807) is 34.4 Å². The van der Waals surface area contributed by atoms with Gasteiger partial charge in [-0.25, -0.2) is 9.37 Å². The molecule has 1 aromatic carbocycles. The lowest BCUT2D eigenvalue weighted by molar-refractivity contribution is 0.0700. The van der Waals surface area contributed by atoms with Crippen LogP contribution in [0.3, 0.4) is 0 Å². The molecule has 1 aliphatic heterocycles. The van der Waals surface area contributed by atoms with Gasteiger partial charge in [0.1, 0.15) is 5.82 Å². The van der Waals surface area contributed by atoms with Gasteiger partial charge in [0.2, 0.25) is 0 Å². The van der Waals surface area contributed by atoms with Crippen LogP contribution in [0.4, 0.5) is 4.39 Å². The number of nitrogens with zero attached hydrogens (tertiary/aromatic N) is 2. The van der Waals surface area contributed by atoms with Gasteiger partial charge in [-0.15, -0.1) is 11.3 Å². The standard InChI is InChI=1S/C19H24FN3OS/c1-13(2)18-22-15(12-25-18)11-21-14-7-9-23(10-8-14)19(24)16-5-3-4-6-17(16)20/h3-6,12-14,21H,7-11H2,1-2H3. The first-order chi connectivity index (χ1) is 12.0. The van der Waals surface area contributed by atoms with Crippen molar-refractivity contribution in [2.75, 3.05) is 13.1 Å². The number of halogens is 1. The zero-order valence-corrected chi connectivity index (χ0v) is 15.5. The van der Waals surface area contributed by atoms with Gasteiger partial charge in [-0.2, -0.15) is 0 Å². The van der Waals surface area contributed by atoms with Gasteiger partial charge >= 0.3 is 0 Å². The zero-order valence-electron chi connectivity index (χ0n) is 14.7. The molecule has 1 amide bonds. The molecule has 4 nitrogen and oxygen atoms in total. The predicted molar refractivity (Wildman–Crippen MR) is 98.4 cm³/mol. The largest absolute Gasteiger partial charge is 0.338 e. The van der Waals surface area contributed by atoms with Crippen molar-refractivity contribution in [3.05, 3.63) is 51.7 Å². The molecule has 1 aromatic heterocycles. The van der Waals surface area contributed by atoms with Crippen LogP contribution in [0.25, 0.3) is 0 Å². The van der Waals surface area contributed by atoms with Crippen LogP contribution >= 0.6 is 11.3 Å². The summed E-state index contributed by atoms with van der Waals surface area (Å²) in [5.41, 5.74) is 1.25. The Kier molecular flexibility index (Phi) is 5.81. The number of hydrogen-bond donors (Lipinski definition) is 1. The third kappa shape index (κ3) is 4.44. The number of benzene rings is 1. The summed E-state index contributed by atoms with van der Waals surface area (Å²) in [6, 6.07) is 6.56. The number of amides is 1. The number of rotatable bonds is 5. The van der Waals surface area contributed by atoms with E-state index in [2.05, 4.69) is 29.5 Å². The van der Waals surface area contributed by atoms with Crippen LogP contribution in [0.1, 0.15) is 53.7 Å². The molecule has 0 radical (unpaired) electrons. The first kappa shape index (κ1) is 18.0. The molecule has 0 aliphatic carbocycles. The lowest BCUT2D eigenvalue weighted by atomic mass is 10.0. The molecular weight excluding hydrogens is 337 g/mol. The van der Waals surface area contributed by atoms with Crippen LogP contribution < -0.4 is 5.32 Å². The average molecular weight is 361 g/mol. The number of thiazole rings is 1. The third-order valence-corrected chi connectivity index (χ3v) is 5.72. The smallest absolute Gasteiger partial charge is 0.256 e. The summed E-state index contributed by atoms with van der Waals surface area (Å²) in [5.74, 6) is -0.193. The molecule has 0 atom stereocenters. The maximum Gasteiger partial charge on any atom is 0.256 e. The molecule has 25 heavy (non-hydrogen) atoms. The lowest BCUT2D eigenvalue weighted by Gasteiger charge is -2.32. The van der Waals surface area contributed by atoms with E-state index >= 15 is 0 Å². The molecule has 0 saturated carbocycles. The SMILES string of the molecule is CC(C)c1nc(CNC2CCN(C(=O)c3ccccc3F)CC2)cs1. The highest BCUT2D eigenvalue weighted by molar-refractivity contribution is 7.09. The summed E-state index contributed by atoms with van der Waals surface area (Å²) in [5, 5.41) is 6.81. The average Bonchev–Trinajstić information content (AvgIpc) is 3.10. The van der Waals surface area contributed by atoms with Crippen molar-refractivity contribution >= 4 is 17.2 Å². The number of nitrogens with one attached hydrogen (secondary N) is 1. The van der Waals surface area contributed by atoms with E-state index in [-0.39, 0.29) is 11.5 Å². The molecule has 0 spiro atoms. The van der Waals surface area contributed by atoms with Gasteiger partial charge in [0.25, 0.3) is 5.91 Å². The first-order valence-electron chi connectivity index (χ1n) is 8.76. The minimum atomic E-state index is -0.447. The van der Waals surface area contributed by atoms with E-state index in [0.29, 0.717) is 25.0 Å². The Bertz CT molecular complexity index is 723.